The summed E-state index contributed by atoms with van der Waals surface area (Å²) in [6, 6.07) is 14.1. The lowest BCUT2D eigenvalue weighted by molar-refractivity contribution is 0.0992. The summed E-state index contributed by atoms with van der Waals surface area (Å²) >= 11 is 0. The molecule has 0 atom stereocenters. The number of rotatable bonds is 4. The second-order valence-corrected chi connectivity index (χ2v) is 6.66. The topological polar surface area (TPSA) is 47.8 Å². The fraction of sp³-hybridized carbons (Fsp3) is 0.174. The van der Waals surface area contributed by atoms with E-state index < -0.39 is 6.85 Å². The van der Waals surface area contributed by atoms with E-state index in [1.54, 1.807) is 18.3 Å². The van der Waals surface area contributed by atoms with Crippen LogP contribution in [-0.2, 0) is 13.5 Å². The molecule has 0 bridgehead atoms. The first kappa shape index (κ1) is 13.9. The van der Waals surface area contributed by atoms with Gasteiger partial charge < -0.3 is 4.57 Å². The molecule has 0 aliphatic carbocycles. The average molecular weight is 358 g/mol. The second kappa shape index (κ2) is 6.80. The number of aryl methyl sites for hydroxylation is 2. The minimum absolute atomic E-state index is 0.0997. The molecule has 0 aliphatic rings. The van der Waals surface area contributed by atoms with Gasteiger partial charge >= 0.3 is 0 Å². The van der Waals surface area contributed by atoms with Crippen LogP contribution in [0.1, 0.15) is 31.6 Å². The average Bonchev–Trinajstić information content (AvgIpc) is 3.05. The Morgan fingerprint density at radius 3 is 2.56 bits per heavy atom. The van der Waals surface area contributed by atoms with Crippen LogP contribution in [0.4, 0.5) is 0 Å². The van der Waals surface area contributed by atoms with Crippen molar-refractivity contribution in [2.75, 3.05) is 0 Å². The molecule has 0 N–H and O–H groups in total. The Morgan fingerprint density at radius 2 is 1.85 bits per heavy atom. The first-order valence-corrected chi connectivity index (χ1v) is 8.73. The van der Waals surface area contributed by atoms with Gasteiger partial charge in [0, 0.05) is 39.6 Å². The number of hydrogen-bond acceptors (Lipinski definition) is 3. The number of carbonyl (C=O) groups excluding carboxylic acids is 1. The fourth-order valence-corrected chi connectivity index (χ4v) is 3.14. The maximum atomic E-state index is 12.7. The van der Waals surface area contributed by atoms with E-state index in [0.29, 0.717) is 11.3 Å². The molecule has 4 rings (SSSR count). The minimum Gasteiger partial charge on any atom is -0.331 e. The van der Waals surface area contributed by atoms with Gasteiger partial charge in [0.1, 0.15) is 5.82 Å². The highest BCUT2D eigenvalue weighted by Crippen LogP contribution is 2.25. The number of fused-ring (bicyclic) bond motifs is 1. The third-order valence-electron chi connectivity index (χ3n) is 4.84. The van der Waals surface area contributed by atoms with Crippen molar-refractivity contribution in [3.8, 4) is 11.3 Å². The van der Waals surface area contributed by atoms with Crippen molar-refractivity contribution in [3.05, 3.63) is 83.6 Å². The van der Waals surface area contributed by atoms with Crippen molar-refractivity contribution in [1.82, 2.24) is 14.5 Å². The van der Waals surface area contributed by atoms with E-state index in [9.17, 15) is 4.79 Å². The number of imidazole rings is 1. The zero-order chi connectivity index (χ0) is 21.5. The highest BCUT2D eigenvalue weighted by Gasteiger charge is 2.10. The van der Waals surface area contributed by atoms with Crippen LogP contribution in [0.5, 0.6) is 0 Å². The first-order chi connectivity index (χ1) is 14.2. The summed E-state index contributed by atoms with van der Waals surface area (Å²) < 4.78 is 24.3. The first-order valence-electron chi connectivity index (χ1n) is 10.2. The lowest BCUT2D eigenvalue weighted by Crippen LogP contribution is -2.05. The summed E-state index contributed by atoms with van der Waals surface area (Å²) in [7, 11) is 1.98. The van der Waals surface area contributed by atoms with E-state index in [1.165, 1.54) is 12.1 Å². The maximum absolute atomic E-state index is 12.7. The number of carbonyl (C=O) groups is 1. The van der Waals surface area contributed by atoms with Gasteiger partial charge in [-0.05, 0) is 31.3 Å². The van der Waals surface area contributed by atoms with E-state index >= 15 is 0 Å². The molecule has 2 aromatic heterocycles. The predicted molar refractivity (Wildman–Crippen MR) is 108 cm³/mol. The van der Waals surface area contributed by atoms with Crippen molar-refractivity contribution < 1.29 is 8.91 Å². The van der Waals surface area contributed by atoms with Gasteiger partial charge in [0.15, 0.2) is 5.78 Å². The van der Waals surface area contributed by atoms with Gasteiger partial charge in [-0.2, -0.15) is 0 Å². The Hall–Kier alpha value is -3.27. The van der Waals surface area contributed by atoms with Crippen molar-refractivity contribution in [2.24, 2.45) is 7.05 Å². The van der Waals surface area contributed by atoms with E-state index in [-0.39, 0.29) is 17.8 Å². The third-order valence-corrected chi connectivity index (χ3v) is 4.84. The molecule has 2 heterocycles. The molecule has 0 unspecified atom stereocenters. The van der Waals surface area contributed by atoms with Crippen molar-refractivity contribution in [3.63, 3.8) is 0 Å². The van der Waals surface area contributed by atoms with E-state index in [2.05, 4.69) is 16.0 Å². The standard InChI is InChI=1S/C23H21N3O/c1-15-4-6-17(7-5-15)23(27)12-21-11-20-10-18(8-9-19(20)13-25-21)22-14-24-16(2)26(22)3/h4-11,13-14H,12H2,1-3H3/i1D3. The Bertz CT molecular complexity index is 1240. The number of benzene rings is 2. The molecule has 4 heteroatoms. The molecular weight excluding hydrogens is 334 g/mol. The molecule has 0 spiro atoms. The third kappa shape index (κ3) is 3.38. The smallest absolute Gasteiger partial charge is 0.168 e. The molecular formula is C23H21N3O. The van der Waals surface area contributed by atoms with Crippen LogP contribution in [0.2, 0.25) is 0 Å². The van der Waals surface area contributed by atoms with Crippen LogP contribution in [0.3, 0.4) is 0 Å². The molecule has 0 amide bonds. The molecule has 4 nitrogen and oxygen atoms in total. The molecule has 0 saturated heterocycles. The Labute approximate surface area is 162 Å². The van der Waals surface area contributed by atoms with Gasteiger partial charge in [-0.15, -0.1) is 0 Å². The SMILES string of the molecule is [2H]C([2H])([2H])c1ccc(C(=O)Cc2cc3cc(-c4cnc(C)n4C)ccc3cn2)cc1. The van der Waals surface area contributed by atoms with Gasteiger partial charge in [-0.1, -0.05) is 42.0 Å². The molecule has 0 saturated carbocycles. The van der Waals surface area contributed by atoms with E-state index in [0.717, 1.165) is 27.9 Å². The molecule has 4 aromatic rings. The molecule has 0 fully saturated rings. The predicted octanol–water partition coefficient (Wildman–Crippen LogP) is 4.68. The summed E-state index contributed by atoms with van der Waals surface area (Å²) in [5.74, 6) is 0.841. The number of nitrogens with zero attached hydrogens (tertiary/aromatic N) is 3. The lowest BCUT2D eigenvalue weighted by atomic mass is 10.0. The summed E-state index contributed by atoms with van der Waals surface area (Å²) in [5.41, 5.74) is 3.45. The van der Waals surface area contributed by atoms with Crippen LogP contribution in [-0.4, -0.2) is 20.3 Å². The zero-order valence-electron chi connectivity index (χ0n) is 18.2. The van der Waals surface area contributed by atoms with Crippen LogP contribution < -0.4 is 0 Å². The number of ketones is 1. The fourth-order valence-electron chi connectivity index (χ4n) is 3.14. The minimum atomic E-state index is -2.18. The summed E-state index contributed by atoms with van der Waals surface area (Å²) in [6.45, 7) is -0.214. The maximum Gasteiger partial charge on any atom is 0.168 e. The van der Waals surface area contributed by atoms with Crippen molar-refractivity contribution in [2.45, 2.75) is 20.2 Å². The number of hydrogen-bond donors (Lipinski definition) is 0. The molecule has 2 aromatic carbocycles. The molecule has 0 radical (unpaired) electrons. The van der Waals surface area contributed by atoms with Gasteiger partial charge in [0.25, 0.3) is 0 Å². The number of Topliss-reactive ketones (excluding diaryl/α,β-unsaturated/α-hetero) is 1. The summed E-state index contributed by atoms with van der Waals surface area (Å²) in [5, 5.41) is 2.00. The van der Waals surface area contributed by atoms with Crippen LogP contribution >= 0.6 is 0 Å². The van der Waals surface area contributed by atoms with Crippen molar-refractivity contribution >= 4 is 16.6 Å². The van der Waals surface area contributed by atoms with Crippen LogP contribution in [0, 0.1) is 13.8 Å². The van der Waals surface area contributed by atoms with Gasteiger partial charge in [0.2, 0.25) is 0 Å². The monoisotopic (exact) mass is 358 g/mol. The van der Waals surface area contributed by atoms with E-state index in [1.807, 2.05) is 42.9 Å². The Kier molecular flexibility index (Phi) is 3.49. The second-order valence-electron chi connectivity index (χ2n) is 6.66. The van der Waals surface area contributed by atoms with Gasteiger partial charge in [0.05, 0.1) is 18.3 Å². The lowest BCUT2D eigenvalue weighted by Gasteiger charge is -2.07. The zero-order valence-corrected chi connectivity index (χ0v) is 15.2. The summed E-state index contributed by atoms with van der Waals surface area (Å²) in [4.78, 5) is 21.4. The van der Waals surface area contributed by atoms with Crippen LogP contribution in [0.25, 0.3) is 22.0 Å². The Morgan fingerprint density at radius 1 is 1.04 bits per heavy atom. The highest BCUT2D eigenvalue weighted by molar-refractivity contribution is 5.98. The molecule has 0 aliphatic heterocycles. The molecule has 134 valence electrons. The van der Waals surface area contributed by atoms with Gasteiger partial charge in [-0.3, -0.25) is 9.78 Å². The largest absolute Gasteiger partial charge is 0.331 e. The number of aromatic nitrogens is 3. The normalized spacial score (nSPS) is 13.2. The Balaban J connectivity index is 1.60. The highest BCUT2D eigenvalue weighted by atomic mass is 16.1. The summed E-state index contributed by atoms with van der Waals surface area (Å²) in [6.07, 6.45) is 3.77. The quantitative estimate of drug-likeness (QED) is 0.498. The van der Waals surface area contributed by atoms with Gasteiger partial charge in [-0.25, -0.2) is 4.98 Å². The van der Waals surface area contributed by atoms with Crippen LogP contribution in [0.15, 0.2) is 60.9 Å². The molecule has 27 heavy (non-hydrogen) atoms. The van der Waals surface area contributed by atoms with E-state index in [4.69, 9.17) is 4.11 Å². The van der Waals surface area contributed by atoms with Crippen molar-refractivity contribution in [1.29, 1.82) is 0 Å². The number of pyridine rings is 1.